The highest BCUT2D eigenvalue weighted by Gasteiger charge is 2.35. The maximum atomic E-state index is 12.0. The Balaban J connectivity index is -0.000000354. The number of ether oxygens (including phenoxy) is 9. The van der Waals surface area contributed by atoms with Crippen molar-refractivity contribution in [3.8, 4) is 0 Å². The number of rotatable bonds is 35. The van der Waals surface area contributed by atoms with Gasteiger partial charge in [0.05, 0.1) is 44.6 Å². The molecule has 13 heteroatoms. The van der Waals surface area contributed by atoms with Crippen LogP contribution < -0.4 is 5.32 Å². The van der Waals surface area contributed by atoms with E-state index in [1.54, 1.807) is 21.3 Å². The van der Waals surface area contributed by atoms with Gasteiger partial charge in [0, 0.05) is 60.6 Å². The highest BCUT2D eigenvalue weighted by atomic mass is 16.6. The van der Waals surface area contributed by atoms with E-state index in [0.717, 1.165) is 129 Å². The molecule has 1 heterocycles. The Morgan fingerprint density at radius 3 is 1.53 bits per heavy atom. The van der Waals surface area contributed by atoms with Crippen LogP contribution >= 0.6 is 0 Å². The van der Waals surface area contributed by atoms with Crippen molar-refractivity contribution >= 4 is 17.9 Å². The van der Waals surface area contributed by atoms with Crippen LogP contribution in [0.2, 0.25) is 0 Å². The zero-order chi connectivity index (χ0) is 51.0. The second-order valence-electron chi connectivity index (χ2n) is 16.6. The van der Waals surface area contributed by atoms with E-state index in [0.29, 0.717) is 59.1 Å². The molecule has 1 fully saturated rings. The third-order valence-electron chi connectivity index (χ3n) is 9.97. The molecule has 1 aliphatic heterocycles. The summed E-state index contributed by atoms with van der Waals surface area (Å²) in [6.07, 6.45) is 20.0. The molecular formula is C53H111NO12. The molecule has 0 aromatic rings. The lowest BCUT2D eigenvalue weighted by atomic mass is 9.81. The monoisotopic (exact) mass is 954 g/mol. The average Bonchev–Trinajstić information content (AvgIpc) is 3.31. The third-order valence-corrected chi connectivity index (χ3v) is 9.97. The van der Waals surface area contributed by atoms with Gasteiger partial charge in [-0.05, 0) is 106 Å². The summed E-state index contributed by atoms with van der Waals surface area (Å²) < 4.78 is 47.1. The van der Waals surface area contributed by atoms with Crippen LogP contribution in [-0.2, 0) is 57.0 Å². The fourth-order valence-corrected chi connectivity index (χ4v) is 5.88. The molecule has 0 saturated carbocycles. The summed E-state index contributed by atoms with van der Waals surface area (Å²) in [5, 5.41) is 3.23. The molecule has 1 saturated heterocycles. The number of carbonyl (C=O) groups excluding carboxylic acids is 3. The molecular weight excluding hydrogens is 843 g/mol. The minimum Gasteiger partial charge on any atom is -0.466 e. The van der Waals surface area contributed by atoms with Gasteiger partial charge < -0.3 is 47.9 Å². The molecule has 2 unspecified atom stereocenters. The summed E-state index contributed by atoms with van der Waals surface area (Å²) in [5.74, 6) is -0.172. The van der Waals surface area contributed by atoms with Crippen molar-refractivity contribution in [1.29, 1.82) is 0 Å². The van der Waals surface area contributed by atoms with Crippen LogP contribution in [0.25, 0.3) is 0 Å². The van der Waals surface area contributed by atoms with Crippen molar-refractivity contribution in [2.24, 2.45) is 5.41 Å². The molecule has 0 bridgehead atoms. The number of esters is 3. The van der Waals surface area contributed by atoms with Crippen molar-refractivity contribution in [2.75, 3.05) is 93.9 Å². The van der Waals surface area contributed by atoms with E-state index in [4.69, 9.17) is 37.9 Å². The number of nitrogens with one attached hydrogen (secondary N) is 1. The van der Waals surface area contributed by atoms with E-state index >= 15 is 0 Å². The normalized spacial score (nSPS) is 13.3. The quantitative estimate of drug-likeness (QED) is 0.0365. The van der Waals surface area contributed by atoms with Gasteiger partial charge in [0.2, 0.25) is 0 Å². The Morgan fingerprint density at radius 1 is 0.561 bits per heavy atom. The summed E-state index contributed by atoms with van der Waals surface area (Å²) in [4.78, 5) is 35.0. The number of hydrogen-bond donors (Lipinski definition) is 1. The molecule has 0 radical (unpaired) electrons. The first kappa shape index (κ1) is 73.1. The maximum Gasteiger partial charge on any atom is 0.311 e. The first-order valence-electron chi connectivity index (χ1n) is 26.4. The number of carbonyl (C=O) groups is 3. The first-order valence-corrected chi connectivity index (χ1v) is 26.4. The number of piperidine rings is 1. The van der Waals surface area contributed by atoms with Crippen LogP contribution in [0, 0.1) is 5.41 Å². The molecule has 0 spiro atoms. The van der Waals surface area contributed by atoms with Gasteiger partial charge in [0.15, 0.2) is 0 Å². The van der Waals surface area contributed by atoms with Gasteiger partial charge in [0.1, 0.15) is 12.2 Å². The Kier molecular flexibility index (Phi) is 67.7. The van der Waals surface area contributed by atoms with E-state index in [-0.39, 0.29) is 41.6 Å². The zero-order valence-corrected chi connectivity index (χ0v) is 46.1. The van der Waals surface area contributed by atoms with Crippen molar-refractivity contribution < 1.29 is 57.0 Å². The second kappa shape index (κ2) is 61.1. The minimum atomic E-state index is -0.235. The van der Waals surface area contributed by atoms with Crippen molar-refractivity contribution in [1.82, 2.24) is 5.32 Å². The molecule has 0 amide bonds. The van der Waals surface area contributed by atoms with E-state index in [2.05, 4.69) is 37.7 Å². The van der Waals surface area contributed by atoms with Crippen LogP contribution in [-0.4, -0.2) is 130 Å². The van der Waals surface area contributed by atoms with Crippen LogP contribution in [0.5, 0.6) is 0 Å². The maximum absolute atomic E-state index is 12.0. The highest BCUT2D eigenvalue weighted by Crippen LogP contribution is 2.29. The topological polar surface area (TPSA) is 146 Å². The van der Waals surface area contributed by atoms with Crippen LogP contribution in [0.3, 0.4) is 0 Å². The van der Waals surface area contributed by atoms with Gasteiger partial charge in [-0.3, -0.25) is 14.4 Å². The fraction of sp³-hybridized carbons (Fsp3) is 0.943. The molecule has 0 aromatic heterocycles. The predicted molar refractivity (Wildman–Crippen MR) is 273 cm³/mol. The average molecular weight is 954 g/mol. The van der Waals surface area contributed by atoms with Crippen molar-refractivity contribution in [3.63, 3.8) is 0 Å². The molecule has 13 nitrogen and oxygen atoms in total. The number of hydrogen-bond acceptors (Lipinski definition) is 13. The molecule has 1 rings (SSSR count). The molecule has 2 atom stereocenters. The number of methoxy groups -OCH3 is 2. The lowest BCUT2D eigenvalue weighted by Gasteiger charge is -2.31. The van der Waals surface area contributed by atoms with Crippen molar-refractivity contribution in [3.05, 3.63) is 0 Å². The van der Waals surface area contributed by atoms with Gasteiger partial charge in [0.25, 0.3) is 0 Å². The summed E-state index contributed by atoms with van der Waals surface area (Å²) >= 11 is 0. The molecule has 0 aromatic carbocycles. The van der Waals surface area contributed by atoms with Gasteiger partial charge in [-0.25, -0.2) is 0 Å². The molecule has 1 aliphatic rings. The first-order chi connectivity index (χ1) is 31.9. The summed E-state index contributed by atoms with van der Waals surface area (Å²) in [5.41, 5.74) is -0.235. The van der Waals surface area contributed by atoms with Crippen molar-refractivity contribution in [2.45, 2.75) is 230 Å². The van der Waals surface area contributed by atoms with Gasteiger partial charge in [-0.15, -0.1) is 0 Å². The minimum absolute atomic E-state index is 0.0299. The number of unbranched alkanes of at least 4 members (excludes halogenated alkanes) is 10. The molecule has 400 valence electrons. The van der Waals surface area contributed by atoms with Crippen LogP contribution in [0.4, 0.5) is 0 Å². The highest BCUT2D eigenvalue weighted by molar-refractivity contribution is 5.76. The summed E-state index contributed by atoms with van der Waals surface area (Å²) in [7, 11) is 4.92. The van der Waals surface area contributed by atoms with E-state index in [9.17, 15) is 14.4 Å². The van der Waals surface area contributed by atoms with Crippen LogP contribution in [0.15, 0.2) is 0 Å². The lowest BCUT2D eigenvalue weighted by Crippen LogP contribution is -2.40. The second-order valence-corrected chi connectivity index (χ2v) is 16.6. The predicted octanol–water partition coefficient (Wildman–Crippen LogP) is 12.3. The van der Waals surface area contributed by atoms with Gasteiger partial charge in [-0.2, -0.15) is 0 Å². The standard InChI is InChI=1S/C31H60O7.C9H17NO2.C5H12O2.C4H10.C2H6O.C2H6/c1-6-9-20-28(7-2)38-31(33)22-17-13-11-15-19-24-36-29(25-34-8-3)26-35-23-18-14-10-12-16-21-30(32)37-27(4)5;1-3-12-8(11)9(2)4-6-10-7-5-9;1-3-7-5-4-6-2;1-3-4-2;1-3-2;1-2/h27-29H,6-26H2,1-5H3;10H,3-7H2,1-2H3;3-5H2,1-2H3;3-4H2,1-2H3;1-2H3;1-2H3. The Hall–Kier alpha value is -1.87. The Bertz CT molecular complexity index is 943. The SMILES string of the molecule is CC.CCCC.CCCCC(CC)OC(=O)CCCCCCCOC(COCC)COCCCCCCCC(=O)OC(C)C.CCOC(=O)C1(C)CCNCC1.CCOCCOC.COC. The fourth-order valence-electron chi connectivity index (χ4n) is 5.88. The van der Waals surface area contributed by atoms with Gasteiger partial charge >= 0.3 is 17.9 Å². The van der Waals surface area contributed by atoms with E-state index in [1.165, 1.54) is 12.8 Å². The van der Waals surface area contributed by atoms with E-state index in [1.807, 2.05) is 55.4 Å². The van der Waals surface area contributed by atoms with E-state index < -0.39 is 0 Å². The lowest BCUT2D eigenvalue weighted by molar-refractivity contribution is -0.156. The Morgan fingerprint density at radius 2 is 1.06 bits per heavy atom. The third kappa shape index (κ3) is 58.3. The zero-order valence-electron chi connectivity index (χ0n) is 46.1. The smallest absolute Gasteiger partial charge is 0.311 e. The Labute approximate surface area is 408 Å². The molecule has 66 heavy (non-hydrogen) atoms. The summed E-state index contributed by atoms with van der Waals surface area (Å²) in [6, 6.07) is 0. The summed E-state index contributed by atoms with van der Waals surface area (Å²) in [6.45, 7) is 31.9. The largest absolute Gasteiger partial charge is 0.466 e. The van der Waals surface area contributed by atoms with Gasteiger partial charge in [-0.1, -0.05) is 106 Å². The molecule has 0 aliphatic carbocycles. The van der Waals surface area contributed by atoms with Crippen LogP contribution in [0.1, 0.15) is 212 Å². The molecule has 1 N–H and O–H groups in total.